The minimum Gasteiger partial charge on any atom is -0.326 e. The Morgan fingerprint density at radius 2 is 1.61 bits per heavy atom. The van der Waals surface area contributed by atoms with Gasteiger partial charge in [0.2, 0.25) is 11.8 Å². The fraction of sp³-hybridized carbons (Fsp3) is 0.0667. The van der Waals surface area contributed by atoms with Crippen LogP contribution in [0.5, 0.6) is 0 Å². The first-order chi connectivity index (χ1) is 10.8. The number of hydrogen-bond donors (Lipinski definition) is 2. The van der Waals surface area contributed by atoms with Gasteiger partial charge in [-0.1, -0.05) is 23.2 Å². The topological polar surface area (TPSA) is 58.2 Å². The first-order valence-electron chi connectivity index (χ1n) is 6.35. The first kappa shape index (κ1) is 17.2. The lowest BCUT2D eigenvalue weighted by atomic mass is 10.2. The Morgan fingerprint density at radius 1 is 0.913 bits per heavy atom. The Labute approximate surface area is 140 Å². The van der Waals surface area contributed by atoms with Gasteiger partial charge in [0.15, 0.2) is 11.6 Å². The van der Waals surface area contributed by atoms with E-state index in [1.165, 1.54) is 18.2 Å². The molecule has 2 rings (SSSR count). The highest BCUT2D eigenvalue weighted by Crippen LogP contribution is 2.25. The molecule has 0 spiro atoms. The average molecular weight is 359 g/mol. The predicted molar refractivity (Wildman–Crippen MR) is 84.7 cm³/mol. The van der Waals surface area contributed by atoms with Gasteiger partial charge in [0.1, 0.15) is 6.42 Å². The molecule has 4 nitrogen and oxygen atoms in total. The number of anilines is 2. The summed E-state index contributed by atoms with van der Waals surface area (Å²) in [5, 5.41) is 5.36. The van der Waals surface area contributed by atoms with E-state index in [0.717, 1.165) is 12.1 Å². The second kappa shape index (κ2) is 7.39. The van der Waals surface area contributed by atoms with Gasteiger partial charge in [-0.3, -0.25) is 9.59 Å². The fourth-order valence-electron chi connectivity index (χ4n) is 1.71. The second-order valence-corrected chi connectivity index (χ2v) is 5.37. The predicted octanol–water partition coefficient (Wildman–Crippen LogP) is 4.24. The minimum atomic E-state index is -1.10. The molecule has 0 saturated heterocycles. The number of benzene rings is 2. The third kappa shape index (κ3) is 4.91. The number of rotatable bonds is 4. The molecule has 23 heavy (non-hydrogen) atoms. The molecule has 0 atom stereocenters. The maximum atomic E-state index is 13.0. The molecule has 0 saturated carbocycles. The van der Waals surface area contributed by atoms with Crippen LogP contribution in [0.4, 0.5) is 20.2 Å². The van der Waals surface area contributed by atoms with Gasteiger partial charge in [-0.15, -0.1) is 0 Å². The fourth-order valence-corrected chi connectivity index (χ4v) is 2.05. The number of hydrogen-bond acceptors (Lipinski definition) is 2. The summed E-state index contributed by atoms with van der Waals surface area (Å²) in [4.78, 5) is 23.5. The zero-order chi connectivity index (χ0) is 17.0. The van der Waals surface area contributed by atoms with Gasteiger partial charge in [0.25, 0.3) is 0 Å². The van der Waals surface area contributed by atoms with Crippen LogP contribution in [0.3, 0.4) is 0 Å². The Hall–Kier alpha value is -2.18. The summed E-state index contributed by atoms with van der Waals surface area (Å²) in [6.45, 7) is 0. The molecule has 2 amide bonds. The molecule has 0 heterocycles. The molecule has 0 fully saturated rings. The van der Waals surface area contributed by atoms with Crippen LogP contribution in [0.1, 0.15) is 6.42 Å². The maximum absolute atomic E-state index is 13.0. The van der Waals surface area contributed by atoms with Crippen molar-refractivity contribution in [3.05, 3.63) is 58.1 Å². The maximum Gasteiger partial charge on any atom is 0.233 e. The van der Waals surface area contributed by atoms with Crippen molar-refractivity contribution in [2.75, 3.05) is 10.6 Å². The highest BCUT2D eigenvalue weighted by molar-refractivity contribution is 6.35. The molecule has 0 aliphatic heterocycles. The van der Waals surface area contributed by atoms with Crippen LogP contribution in [0, 0.1) is 11.6 Å². The highest BCUT2D eigenvalue weighted by atomic mass is 35.5. The molecule has 120 valence electrons. The molecular formula is C15H10Cl2F2N2O2. The molecule has 0 unspecified atom stereocenters. The third-order valence-corrected chi connectivity index (χ3v) is 3.29. The van der Waals surface area contributed by atoms with Gasteiger partial charge < -0.3 is 10.6 Å². The summed E-state index contributed by atoms with van der Waals surface area (Å²) < 4.78 is 25.8. The molecule has 2 N–H and O–H groups in total. The van der Waals surface area contributed by atoms with Crippen LogP contribution in [-0.2, 0) is 9.59 Å². The van der Waals surface area contributed by atoms with Crippen molar-refractivity contribution in [3.8, 4) is 0 Å². The average Bonchev–Trinajstić information content (AvgIpc) is 2.46. The SMILES string of the molecule is O=C(CC(=O)Nc1cc(Cl)ccc1Cl)Nc1ccc(F)c(F)c1. The monoisotopic (exact) mass is 358 g/mol. The molecule has 2 aromatic carbocycles. The molecule has 0 bridgehead atoms. The zero-order valence-corrected chi connectivity index (χ0v) is 13.0. The number of halogens is 4. The van der Waals surface area contributed by atoms with Gasteiger partial charge in [-0.05, 0) is 30.3 Å². The summed E-state index contributed by atoms with van der Waals surface area (Å²) in [5.41, 5.74) is 0.312. The second-order valence-electron chi connectivity index (χ2n) is 4.53. The smallest absolute Gasteiger partial charge is 0.233 e. The normalized spacial score (nSPS) is 10.3. The Morgan fingerprint density at radius 3 is 2.30 bits per heavy atom. The van der Waals surface area contributed by atoms with Gasteiger partial charge >= 0.3 is 0 Å². The van der Waals surface area contributed by atoms with Crippen molar-refractivity contribution < 1.29 is 18.4 Å². The van der Waals surface area contributed by atoms with Crippen molar-refractivity contribution in [2.24, 2.45) is 0 Å². The summed E-state index contributed by atoms with van der Waals surface area (Å²) >= 11 is 11.7. The van der Waals surface area contributed by atoms with Crippen LogP contribution >= 0.6 is 23.2 Å². The van der Waals surface area contributed by atoms with E-state index in [1.807, 2.05) is 0 Å². The lowest BCUT2D eigenvalue weighted by Gasteiger charge is -2.08. The Balaban J connectivity index is 1.95. The standard InChI is InChI=1S/C15H10Cl2F2N2O2/c16-8-1-3-10(17)13(5-8)21-15(23)7-14(22)20-9-2-4-11(18)12(19)6-9/h1-6H,7H2,(H,20,22)(H,21,23). The van der Waals surface area contributed by atoms with E-state index in [-0.39, 0.29) is 16.4 Å². The van der Waals surface area contributed by atoms with Crippen molar-refractivity contribution in [1.29, 1.82) is 0 Å². The van der Waals surface area contributed by atoms with Gasteiger partial charge in [-0.2, -0.15) is 0 Å². The molecular weight excluding hydrogens is 349 g/mol. The Kier molecular flexibility index (Phi) is 5.52. The molecule has 0 aliphatic rings. The molecule has 0 aromatic heterocycles. The largest absolute Gasteiger partial charge is 0.326 e. The van der Waals surface area contributed by atoms with Crippen molar-refractivity contribution in [3.63, 3.8) is 0 Å². The van der Waals surface area contributed by atoms with E-state index >= 15 is 0 Å². The van der Waals surface area contributed by atoms with Crippen LogP contribution in [-0.4, -0.2) is 11.8 Å². The van der Waals surface area contributed by atoms with E-state index in [0.29, 0.717) is 5.02 Å². The Bertz CT molecular complexity index is 769. The number of carbonyl (C=O) groups excluding carboxylic acids is 2. The van der Waals surface area contributed by atoms with Crippen LogP contribution in [0.2, 0.25) is 10.0 Å². The van der Waals surface area contributed by atoms with E-state index in [1.54, 1.807) is 6.07 Å². The zero-order valence-electron chi connectivity index (χ0n) is 11.5. The van der Waals surface area contributed by atoms with E-state index < -0.39 is 29.9 Å². The third-order valence-electron chi connectivity index (χ3n) is 2.73. The van der Waals surface area contributed by atoms with E-state index in [4.69, 9.17) is 23.2 Å². The number of nitrogens with one attached hydrogen (secondary N) is 2. The minimum absolute atomic E-state index is 0.0440. The van der Waals surface area contributed by atoms with Gasteiger partial charge in [-0.25, -0.2) is 8.78 Å². The lowest BCUT2D eigenvalue weighted by Crippen LogP contribution is -2.21. The molecule has 0 aliphatic carbocycles. The van der Waals surface area contributed by atoms with E-state index in [2.05, 4.69) is 10.6 Å². The van der Waals surface area contributed by atoms with Crippen LogP contribution < -0.4 is 10.6 Å². The van der Waals surface area contributed by atoms with Crippen molar-refractivity contribution >= 4 is 46.4 Å². The summed E-state index contributed by atoms with van der Waals surface area (Å²) in [7, 11) is 0. The molecule has 2 aromatic rings. The number of carbonyl (C=O) groups is 2. The molecule has 0 radical (unpaired) electrons. The summed E-state index contributed by atoms with van der Waals surface area (Å²) in [6.07, 6.45) is -0.526. The van der Waals surface area contributed by atoms with Crippen LogP contribution in [0.25, 0.3) is 0 Å². The highest BCUT2D eigenvalue weighted by Gasteiger charge is 2.13. The van der Waals surface area contributed by atoms with Crippen molar-refractivity contribution in [2.45, 2.75) is 6.42 Å². The first-order valence-corrected chi connectivity index (χ1v) is 7.10. The number of amides is 2. The van der Waals surface area contributed by atoms with Gasteiger partial charge in [0.05, 0.1) is 10.7 Å². The van der Waals surface area contributed by atoms with Gasteiger partial charge in [0, 0.05) is 16.8 Å². The van der Waals surface area contributed by atoms with E-state index in [9.17, 15) is 18.4 Å². The summed E-state index contributed by atoms with van der Waals surface area (Å²) in [5.74, 6) is -3.45. The molecule has 8 heteroatoms. The van der Waals surface area contributed by atoms with Crippen molar-refractivity contribution in [1.82, 2.24) is 0 Å². The van der Waals surface area contributed by atoms with Crippen LogP contribution in [0.15, 0.2) is 36.4 Å². The quantitative estimate of drug-likeness (QED) is 0.803. The lowest BCUT2D eigenvalue weighted by molar-refractivity contribution is -0.123. The summed E-state index contributed by atoms with van der Waals surface area (Å²) in [6, 6.07) is 7.36.